The quantitative estimate of drug-likeness (QED) is 0.686. The first-order valence-electron chi connectivity index (χ1n) is 7.89. The number of hydrogen-bond donors (Lipinski definition) is 3. The lowest BCUT2D eigenvalue weighted by atomic mass is 9.76. The lowest BCUT2D eigenvalue weighted by Gasteiger charge is -2.29. The Labute approximate surface area is 133 Å². The number of nitrogens with one attached hydrogen (secondary N) is 3. The predicted octanol–water partition coefficient (Wildman–Crippen LogP) is 0.0984. The highest BCUT2D eigenvalue weighted by Gasteiger charge is 2.49. The molecular weight excluding hydrogens is 298 g/mol. The molecule has 3 N–H and O–H groups in total. The monoisotopic (exact) mass is 319 g/mol. The van der Waals surface area contributed by atoms with Crippen LogP contribution in [0.4, 0.5) is 0 Å². The molecule has 0 radical (unpaired) electrons. The molecule has 0 bridgehead atoms. The third kappa shape index (κ3) is 3.14. The summed E-state index contributed by atoms with van der Waals surface area (Å²) < 4.78 is 5.42. The van der Waals surface area contributed by atoms with Gasteiger partial charge in [-0.05, 0) is 32.9 Å². The van der Waals surface area contributed by atoms with Crippen LogP contribution in [-0.2, 0) is 9.53 Å². The van der Waals surface area contributed by atoms with E-state index in [2.05, 4.69) is 15.6 Å². The molecule has 124 valence electrons. The fourth-order valence-corrected chi connectivity index (χ4v) is 3.32. The number of H-pyrrole nitrogens is 1. The number of cyclic esters (lactones) is 1. The van der Waals surface area contributed by atoms with Crippen molar-refractivity contribution in [3.63, 3.8) is 0 Å². The van der Waals surface area contributed by atoms with Crippen LogP contribution in [0, 0.1) is 12.3 Å². The van der Waals surface area contributed by atoms with Crippen LogP contribution in [0.3, 0.4) is 0 Å². The van der Waals surface area contributed by atoms with Gasteiger partial charge in [0.25, 0.3) is 5.91 Å². The van der Waals surface area contributed by atoms with E-state index in [9.17, 15) is 14.4 Å². The molecule has 2 saturated heterocycles. The highest BCUT2D eigenvalue weighted by Crippen LogP contribution is 2.41. The highest BCUT2D eigenvalue weighted by atomic mass is 16.6. The largest absolute Gasteiger partial charge is 0.460 e. The first kappa shape index (κ1) is 15.7. The van der Waals surface area contributed by atoms with Crippen LogP contribution in [0.25, 0.3) is 0 Å². The van der Waals surface area contributed by atoms with Gasteiger partial charge in [0, 0.05) is 24.4 Å². The van der Waals surface area contributed by atoms with Gasteiger partial charge in [0.05, 0.1) is 12.0 Å². The zero-order chi connectivity index (χ0) is 16.4. The van der Waals surface area contributed by atoms with Gasteiger partial charge in [-0.25, -0.2) is 0 Å². The van der Waals surface area contributed by atoms with Gasteiger partial charge < -0.3 is 20.4 Å². The average molecular weight is 319 g/mol. The van der Waals surface area contributed by atoms with Gasteiger partial charge in [-0.3, -0.25) is 14.4 Å². The SMILES string of the molecule is Cc1cc(=O)c(C(=O)NCC2CC3(CCNCC3)C(=O)O2)c[nH]1. The second-order valence-corrected chi connectivity index (χ2v) is 6.37. The van der Waals surface area contributed by atoms with Gasteiger partial charge in [-0.15, -0.1) is 0 Å². The lowest BCUT2D eigenvalue weighted by molar-refractivity contribution is -0.149. The molecule has 3 heterocycles. The number of aromatic amines is 1. The number of ether oxygens (including phenoxy) is 1. The second kappa shape index (κ2) is 6.16. The Morgan fingerprint density at radius 2 is 2.13 bits per heavy atom. The molecule has 2 aliphatic rings. The molecule has 23 heavy (non-hydrogen) atoms. The van der Waals surface area contributed by atoms with Gasteiger partial charge in [-0.2, -0.15) is 0 Å². The zero-order valence-corrected chi connectivity index (χ0v) is 13.1. The van der Waals surface area contributed by atoms with Crippen LogP contribution in [-0.4, -0.2) is 42.6 Å². The maximum Gasteiger partial charge on any atom is 0.312 e. The molecular formula is C16H21N3O4. The molecule has 2 aliphatic heterocycles. The third-order valence-electron chi connectivity index (χ3n) is 4.68. The number of carbonyl (C=O) groups is 2. The number of esters is 1. The normalized spacial score (nSPS) is 22.8. The van der Waals surface area contributed by atoms with Crippen molar-refractivity contribution in [2.45, 2.75) is 32.3 Å². The van der Waals surface area contributed by atoms with E-state index in [0.29, 0.717) is 12.1 Å². The van der Waals surface area contributed by atoms with Crippen molar-refractivity contribution in [2.75, 3.05) is 19.6 Å². The number of aromatic nitrogens is 1. The molecule has 3 rings (SSSR count). The van der Waals surface area contributed by atoms with Crippen molar-refractivity contribution in [1.82, 2.24) is 15.6 Å². The molecule has 7 heteroatoms. The number of carbonyl (C=O) groups excluding carboxylic acids is 2. The molecule has 0 aliphatic carbocycles. The van der Waals surface area contributed by atoms with E-state index < -0.39 is 11.3 Å². The molecule has 0 aromatic carbocycles. The van der Waals surface area contributed by atoms with Crippen LogP contribution in [0.2, 0.25) is 0 Å². The van der Waals surface area contributed by atoms with Crippen molar-refractivity contribution in [1.29, 1.82) is 0 Å². The number of hydrogen-bond acceptors (Lipinski definition) is 5. The summed E-state index contributed by atoms with van der Waals surface area (Å²) in [6, 6.07) is 1.38. The Morgan fingerprint density at radius 1 is 1.39 bits per heavy atom. The summed E-state index contributed by atoms with van der Waals surface area (Å²) in [6.45, 7) is 3.60. The first-order valence-corrected chi connectivity index (χ1v) is 7.89. The maximum atomic E-state index is 12.2. The standard InChI is InChI=1S/C16H21N3O4/c1-10-6-13(20)12(9-18-10)14(21)19-8-11-7-16(15(22)23-11)2-4-17-5-3-16/h6,9,11,17H,2-5,7-8H2,1H3,(H,18,20)(H,19,21). The number of pyridine rings is 1. The minimum absolute atomic E-state index is 0.0662. The Kier molecular flexibility index (Phi) is 4.21. The summed E-state index contributed by atoms with van der Waals surface area (Å²) in [5.74, 6) is -0.611. The Hall–Kier alpha value is -2.15. The Balaban J connectivity index is 1.59. The first-order chi connectivity index (χ1) is 11.0. The molecule has 1 atom stereocenters. The van der Waals surface area contributed by atoms with E-state index in [4.69, 9.17) is 4.74 Å². The minimum Gasteiger partial charge on any atom is -0.460 e. The van der Waals surface area contributed by atoms with Crippen molar-refractivity contribution in [3.8, 4) is 0 Å². The van der Waals surface area contributed by atoms with Crippen molar-refractivity contribution < 1.29 is 14.3 Å². The van der Waals surface area contributed by atoms with E-state index in [1.165, 1.54) is 12.3 Å². The Morgan fingerprint density at radius 3 is 2.83 bits per heavy atom. The molecule has 1 unspecified atom stereocenters. The van der Waals surface area contributed by atoms with E-state index >= 15 is 0 Å². The maximum absolute atomic E-state index is 12.2. The molecule has 2 fully saturated rings. The number of amides is 1. The van der Waals surface area contributed by atoms with E-state index in [0.717, 1.165) is 25.9 Å². The van der Waals surface area contributed by atoms with Gasteiger partial charge in [0.2, 0.25) is 0 Å². The summed E-state index contributed by atoms with van der Waals surface area (Å²) in [5.41, 5.74) is 0.0414. The average Bonchev–Trinajstić information content (AvgIpc) is 2.81. The van der Waals surface area contributed by atoms with Gasteiger partial charge in [-0.1, -0.05) is 0 Å². The van der Waals surface area contributed by atoms with Crippen LogP contribution in [0.5, 0.6) is 0 Å². The molecule has 1 spiro atoms. The molecule has 1 aromatic heterocycles. The summed E-state index contributed by atoms with van der Waals surface area (Å²) in [5, 5.41) is 5.93. The third-order valence-corrected chi connectivity index (χ3v) is 4.68. The Bertz CT molecular complexity index is 676. The highest BCUT2D eigenvalue weighted by molar-refractivity contribution is 5.93. The second-order valence-electron chi connectivity index (χ2n) is 6.37. The van der Waals surface area contributed by atoms with Gasteiger partial charge in [0.15, 0.2) is 5.43 Å². The number of rotatable bonds is 3. The van der Waals surface area contributed by atoms with Crippen molar-refractivity contribution >= 4 is 11.9 Å². The summed E-state index contributed by atoms with van der Waals surface area (Å²) in [4.78, 5) is 38.9. The lowest BCUT2D eigenvalue weighted by Crippen LogP contribution is -2.40. The summed E-state index contributed by atoms with van der Waals surface area (Å²) >= 11 is 0. The van der Waals surface area contributed by atoms with Crippen molar-refractivity contribution in [3.05, 3.63) is 33.7 Å². The molecule has 1 aromatic rings. The molecule has 0 saturated carbocycles. The fraction of sp³-hybridized carbons (Fsp3) is 0.562. The van der Waals surface area contributed by atoms with Crippen molar-refractivity contribution in [2.24, 2.45) is 5.41 Å². The molecule has 7 nitrogen and oxygen atoms in total. The van der Waals surface area contributed by atoms with Crippen LogP contribution in [0.15, 0.2) is 17.1 Å². The predicted molar refractivity (Wildman–Crippen MR) is 83.2 cm³/mol. The number of aryl methyl sites for hydroxylation is 1. The van der Waals surface area contributed by atoms with Gasteiger partial charge >= 0.3 is 5.97 Å². The van der Waals surface area contributed by atoms with Crippen LogP contribution < -0.4 is 16.1 Å². The zero-order valence-electron chi connectivity index (χ0n) is 13.1. The van der Waals surface area contributed by atoms with Crippen LogP contribution >= 0.6 is 0 Å². The van der Waals surface area contributed by atoms with Gasteiger partial charge in [0.1, 0.15) is 11.7 Å². The fourth-order valence-electron chi connectivity index (χ4n) is 3.32. The smallest absolute Gasteiger partial charge is 0.312 e. The topological polar surface area (TPSA) is 100 Å². The summed E-state index contributed by atoms with van der Waals surface area (Å²) in [6.07, 6.45) is 3.25. The summed E-state index contributed by atoms with van der Waals surface area (Å²) in [7, 11) is 0. The van der Waals surface area contributed by atoms with E-state index in [1.54, 1.807) is 6.92 Å². The van der Waals surface area contributed by atoms with E-state index in [1.807, 2.05) is 0 Å². The van der Waals surface area contributed by atoms with E-state index in [-0.39, 0.29) is 29.6 Å². The number of piperidine rings is 1. The van der Waals surface area contributed by atoms with Crippen LogP contribution in [0.1, 0.15) is 35.3 Å². The minimum atomic E-state index is -0.450. The molecule has 1 amide bonds.